The van der Waals surface area contributed by atoms with E-state index in [0.717, 1.165) is 27.6 Å². The van der Waals surface area contributed by atoms with Crippen LogP contribution in [0.3, 0.4) is 0 Å². The first-order valence-electron chi connectivity index (χ1n) is 9.94. The van der Waals surface area contributed by atoms with Crippen molar-refractivity contribution in [1.82, 2.24) is 4.98 Å². The van der Waals surface area contributed by atoms with Crippen LogP contribution in [0, 0.1) is 6.92 Å². The lowest BCUT2D eigenvalue weighted by Gasteiger charge is -2.12. The number of rotatable bonds is 6. The molecular formula is C26H23NO4. The highest BCUT2D eigenvalue weighted by atomic mass is 16.5. The summed E-state index contributed by atoms with van der Waals surface area (Å²) in [5.41, 5.74) is 4.77. The van der Waals surface area contributed by atoms with E-state index in [2.05, 4.69) is 0 Å². The normalized spacial score (nSPS) is 10.7. The summed E-state index contributed by atoms with van der Waals surface area (Å²) in [6, 6.07) is 22.8. The van der Waals surface area contributed by atoms with Crippen LogP contribution in [0.25, 0.3) is 22.2 Å². The first-order valence-corrected chi connectivity index (χ1v) is 9.94. The van der Waals surface area contributed by atoms with E-state index in [1.54, 1.807) is 20.3 Å². The van der Waals surface area contributed by atoms with Crippen LogP contribution in [0.1, 0.15) is 21.5 Å². The van der Waals surface area contributed by atoms with Crippen LogP contribution in [0.4, 0.5) is 0 Å². The minimum atomic E-state index is -0.388. The third-order valence-corrected chi connectivity index (χ3v) is 5.11. The number of ether oxygens (including phenoxy) is 3. The number of carbonyl (C=O) groups is 1. The summed E-state index contributed by atoms with van der Waals surface area (Å²) in [6.45, 7) is 2.23. The van der Waals surface area contributed by atoms with Gasteiger partial charge in [0.2, 0.25) is 0 Å². The Bertz CT molecular complexity index is 1230. The number of benzene rings is 3. The number of aryl methyl sites for hydroxylation is 1. The van der Waals surface area contributed by atoms with Crippen LogP contribution in [-0.2, 0) is 11.3 Å². The lowest BCUT2D eigenvalue weighted by molar-refractivity contribution is 0.0475. The molecule has 0 saturated heterocycles. The lowest BCUT2D eigenvalue weighted by Crippen LogP contribution is -2.07. The molecule has 3 aromatic carbocycles. The average molecular weight is 413 g/mol. The molecule has 0 atom stereocenters. The molecule has 31 heavy (non-hydrogen) atoms. The predicted molar refractivity (Wildman–Crippen MR) is 121 cm³/mol. The summed E-state index contributed by atoms with van der Waals surface area (Å²) in [4.78, 5) is 17.8. The van der Waals surface area contributed by atoms with Crippen molar-refractivity contribution >= 4 is 16.9 Å². The Kier molecular flexibility index (Phi) is 5.85. The van der Waals surface area contributed by atoms with Gasteiger partial charge in [0.25, 0.3) is 0 Å². The summed E-state index contributed by atoms with van der Waals surface area (Å²) in [7, 11) is 3.18. The maximum Gasteiger partial charge on any atom is 0.339 e. The lowest BCUT2D eigenvalue weighted by atomic mass is 10.0. The number of nitrogens with zero attached hydrogens (tertiary/aromatic N) is 1. The number of fused-ring (bicyclic) bond motifs is 1. The molecule has 0 radical (unpaired) electrons. The largest absolute Gasteiger partial charge is 0.493 e. The molecule has 0 N–H and O–H groups in total. The molecule has 0 fully saturated rings. The fourth-order valence-electron chi connectivity index (χ4n) is 3.40. The van der Waals surface area contributed by atoms with Crippen molar-refractivity contribution in [3.05, 3.63) is 89.5 Å². The number of para-hydroxylation sites is 1. The Morgan fingerprint density at radius 1 is 0.871 bits per heavy atom. The third-order valence-electron chi connectivity index (χ3n) is 5.11. The van der Waals surface area contributed by atoms with E-state index in [0.29, 0.717) is 22.8 Å². The number of aromatic nitrogens is 1. The molecule has 1 aromatic heterocycles. The highest BCUT2D eigenvalue weighted by molar-refractivity contribution is 6.04. The van der Waals surface area contributed by atoms with Gasteiger partial charge in [0.05, 0.1) is 31.0 Å². The number of methoxy groups -OCH3 is 2. The van der Waals surface area contributed by atoms with E-state index in [4.69, 9.17) is 19.2 Å². The van der Waals surface area contributed by atoms with Gasteiger partial charge in [0, 0.05) is 10.9 Å². The topological polar surface area (TPSA) is 57.7 Å². The zero-order valence-electron chi connectivity index (χ0n) is 17.7. The molecule has 5 heteroatoms. The highest BCUT2D eigenvalue weighted by Crippen LogP contribution is 2.33. The molecule has 5 nitrogen and oxygen atoms in total. The van der Waals surface area contributed by atoms with Gasteiger partial charge >= 0.3 is 5.97 Å². The van der Waals surface area contributed by atoms with Crippen LogP contribution in [0.15, 0.2) is 72.8 Å². The third kappa shape index (κ3) is 4.36. The molecule has 0 aliphatic heterocycles. The summed E-state index contributed by atoms with van der Waals surface area (Å²) in [6.07, 6.45) is 0. The smallest absolute Gasteiger partial charge is 0.339 e. The highest BCUT2D eigenvalue weighted by Gasteiger charge is 2.16. The van der Waals surface area contributed by atoms with Gasteiger partial charge in [-0.1, -0.05) is 48.0 Å². The molecule has 0 bridgehead atoms. The SMILES string of the molecule is COc1ccc(-c2cc(C(=O)OCc3ccc(C)cc3)c3ccccc3n2)cc1OC. The monoisotopic (exact) mass is 413 g/mol. The molecular weight excluding hydrogens is 390 g/mol. The summed E-state index contributed by atoms with van der Waals surface area (Å²) in [5, 5.41) is 0.751. The van der Waals surface area contributed by atoms with Crippen molar-refractivity contribution in [2.75, 3.05) is 14.2 Å². The van der Waals surface area contributed by atoms with Crippen LogP contribution in [0.5, 0.6) is 11.5 Å². The molecule has 4 aromatic rings. The molecule has 0 aliphatic rings. The predicted octanol–water partition coefficient (Wildman–Crippen LogP) is 5.58. The van der Waals surface area contributed by atoms with E-state index in [-0.39, 0.29) is 12.6 Å². The molecule has 156 valence electrons. The Morgan fingerprint density at radius 2 is 1.61 bits per heavy atom. The Labute approximate surface area is 181 Å². The second kappa shape index (κ2) is 8.88. The van der Waals surface area contributed by atoms with Crippen LogP contribution >= 0.6 is 0 Å². The number of hydrogen-bond acceptors (Lipinski definition) is 5. The van der Waals surface area contributed by atoms with Crippen molar-refractivity contribution in [3.8, 4) is 22.8 Å². The molecule has 0 aliphatic carbocycles. The maximum absolute atomic E-state index is 13.0. The Balaban J connectivity index is 1.71. The van der Waals surface area contributed by atoms with Crippen molar-refractivity contribution in [2.45, 2.75) is 13.5 Å². The van der Waals surface area contributed by atoms with Crippen molar-refractivity contribution in [3.63, 3.8) is 0 Å². The summed E-state index contributed by atoms with van der Waals surface area (Å²) >= 11 is 0. The summed E-state index contributed by atoms with van der Waals surface area (Å²) in [5.74, 6) is 0.837. The Hall–Kier alpha value is -3.86. The fourth-order valence-corrected chi connectivity index (χ4v) is 3.40. The van der Waals surface area contributed by atoms with E-state index < -0.39 is 0 Å². The second-order valence-corrected chi connectivity index (χ2v) is 7.20. The van der Waals surface area contributed by atoms with Gasteiger partial charge in [-0.25, -0.2) is 9.78 Å². The zero-order chi connectivity index (χ0) is 21.8. The van der Waals surface area contributed by atoms with Crippen LogP contribution in [0.2, 0.25) is 0 Å². The van der Waals surface area contributed by atoms with E-state index in [9.17, 15) is 4.79 Å². The molecule has 0 saturated carbocycles. The second-order valence-electron chi connectivity index (χ2n) is 7.20. The molecule has 0 spiro atoms. The van der Waals surface area contributed by atoms with Crippen LogP contribution in [-0.4, -0.2) is 25.2 Å². The van der Waals surface area contributed by atoms with Crippen LogP contribution < -0.4 is 9.47 Å². The van der Waals surface area contributed by atoms with E-state index in [1.165, 1.54) is 0 Å². The van der Waals surface area contributed by atoms with Crippen molar-refractivity contribution in [2.24, 2.45) is 0 Å². The quantitative estimate of drug-likeness (QED) is 0.386. The standard InChI is InChI=1S/C26H23NO4/c1-17-8-10-18(11-9-17)16-31-26(28)21-15-23(27-22-7-5-4-6-20(21)22)19-12-13-24(29-2)25(14-19)30-3/h4-15H,16H2,1-3H3. The molecule has 0 unspecified atom stereocenters. The fraction of sp³-hybridized carbons (Fsp3) is 0.154. The number of pyridine rings is 1. The van der Waals surface area contributed by atoms with Gasteiger partial charge in [-0.2, -0.15) is 0 Å². The first-order chi connectivity index (χ1) is 15.1. The van der Waals surface area contributed by atoms with Gasteiger partial charge in [0.15, 0.2) is 11.5 Å². The van der Waals surface area contributed by atoms with Gasteiger partial charge in [-0.05, 0) is 42.8 Å². The molecule has 4 rings (SSSR count). The van der Waals surface area contributed by atoms with E-state index in [1.807, 2.05) is 73.7 Å². The van der Waals surface area contributed by atoms with Gasteiger partial charge in [0.1, 0.15) is 6.61 Å². The minimum absolute atomic E-state index is 0.210. The molecule has 1 heterocycles. The number of carbonyl (C=O) groups excluding carboxylic acids is 1. The Morgan fingerprint density at radius 3 is 2.35 bits per heavy atom. The van der Waals surface area contributed by atoms with Crippen molar-refractivity contribution in [1.29, 1.82) is 0 Å². The van der Waals surface area contributed by atoms with E-state index >= 15 is 0 Å². The average Bonchev–Trinajstić information content (AvgIpc) is 2.82. The zero-order valence-corrected chi connectivity index (χ0v) is 17.7. The maximum atomic E-state index is 13.0. The molecule has 0 amide bonds. The van der Waals surface area contributed by atoms with Gasteiger partial charge in [-0.3, -0.25) is 0 Å². The van der Waals surface area contributed by atoms with Gasteiger partial charge < -0.3 is 14.2 Å². The van der Waals surface area contributed by atoms with Gasteiger partial charge in [-0.15, -0.1) is 0 Å². The minimum Gasteiger partial charge on any atom is -0.493 e. The number of hydrogen-bond donors (Lipinski definition) is 0. The number of esters is 1. The van der Waals surface area contributed by atoms with Crippen molar-refractivity contribution < 1.29 is 19.0 Å². The first kappa shape index (κ1) is 20.4. The summed E-state index contributed by atoms with van der Waals surface area (Å²) < 4.78 is 16.4.